The second-order valence-electron chi connectivity index (χ2n) is 14.1. The van der Waals surface area contributed by atoms with E-state index >= 15 is 0 Å². The predicted molar refractivity (Wildman–Crippen MR) is 199 cm³/mol. The molecule has 16 atom stereocenters. The van der Waals surface area contributed by atoms with Gasteiger partial charge in [-0.05, 0) is 25.8 Å². The van der Waals surface area contributed by atoms with E-state index < -0.39 is 153 Å². The molecule has 13 N–H and O–H groups in total. The molecule has 360 valence electrons. The van der Waals surface area contributed by atoms with E-state index in [0.717, 1.165) is 9.80 Å². The molecule has 2 rings (SSSR count). The molecule has 2 fully saturated rings. The summed E-state index contributed by atoms with van der Waals surface area (Å²) in [7, 11) is -4.82. The van der Waals surface area contributed by atoms with Gasteiger partial charge in [0, 0.05) is 28.2 Å². The summed E-state index contributed by atoms with van der Waals surface area (Å²) >= 11 is 0. The molecule has 12 unspecified atom stereocenters. The Balaban J connectivity index is 2.02. The second kappa shape index (κ2) is 26.2. The highest BCUT2D eigenvalue weighted by Gasteiger charge is 2.52. The van der Waals surface area contributed by atoms with Crippen LogP contribution in [0.15, 0.2) is 0 Å². The van der Waals surface area contributed by atoms with Crippen LogP contribution in [0.25, 0.3) is 0 Å². The Kier molecular flexibility index (Phi) is 23.8. The summed E-state index contributed by atoms with van der Waals surface area (Å²) < 4.78 is 76.4. The fourth-order valence-electron chi connectivity index (χ4n) is 5.24. The van der Waals surface area contributed by atoms with Gasteiger partial charge in [0.05, 0.1) is 46.2 Å². The van der Waals surface area contributed by atoms with Crippen LogP contribution in [-0.2, 0) is 55.6 Å². The number of ether oxygens (including phenoxy) is 6. The van der Waals surface area contributed by atoms with Crippen molar-refractivity contribution < 1.29 is 121 Å². The standard InChI is InChI=1S/C31H61N3O25P2/c1-33(2)30(44)57-26-24(43)20(10-35)55-28(26)50-12-16(37)23(42)19(40)15-54-61(48,49)59-25-21(11-36)56-29(27(25)58-31(45)34(3)4)51-13-17(38)22(41)18(39)14-53-60(46,47)52-9-7-5-6-8-32/h16-29,35-43H,5-15,32H2,1-4H3,(H,46,47)(H,48,49)/t16?,17?,18?,19?,20-,21-,22?,23?,24?,25?,26?,27?,28-,29-/m1/s1. The van der Waals surface area contributed by atoms with Gasteiger partial charge < -0.3 is 99.7 Å². The van der Waals surface area contributed by atoms with Gasteiger partial charge in [-0.15, -0.1) is 0 Å². The van der Waals surface area contributed by atoms with Crippen molar-refractivity contribution in [3.8, 4) is 0 Å². The lowest BCUT2D eigenvalue weighted by Gasteiger charge is -2.28. The summed E-state index contributed by atoms with van der Waals surface area (Å²) in [5.74, 6) is 0. The lowest BCUT2D eigenvalue weighted by molar-refractivity contribution is -0.195. The van der Waals surface area contributed by atoms with Gasteiger partial charge in [0.25, 0.3) is 0 Å². The molecule has 2 aliphatic rings. The number of hydrogen-bond donors (Lipinski definition) is 12. The van der Waals surface area contributed by atoms with Gasteiger partial charge in [-0.1, -0.05) is 0 Å². The first kappa shape index (κ1) is 55.3. The minimum absolute atomic E-state index is 0.161. The summed E-state index contributed by atoms with van der Waals surface area (Å²) in [4.78, 5) is 46.9. The van der Waals surface area contributed by atoms with Crippen LogP contribution < -0.4 is 5.73 Å². The normalized spacial score (nSPS) is 29.1. The van der Waals surface area contributed by atoms with Crippen LogP contribution in [0.4, 0.5) is 9.59 Å². The molecule has 61 heavy (non-hydrogen) atoms. The van der Waals surface area contributed by atoms with Crippen LogP contribution in [0, 0.1) is 0 Å². The number of hydrogen-bond acceptors (Lipinski definition) is 24. The van der Waals surface area contributed by atoms with Crippen molar-refractivity contribution in [1.82, 2.24) is 9.80 Å². The van der Waals surface area contributed by atoms with E-state index in [2.05, 4.69) is 4.52 Å². The summed E-state index contributed by atoms with van der Waals surface area (Å²) in [6.07, 6.45) is -25.6. The highest BCUT2D eigenvalue weighted by Crippen LogP contribution is 2.48. The lowest BCUT2D eigenvalue weighted by atomic mass is 10.1. The van der Waals surface area contributed by atoms with Crippen molar-refractivity contribution in [1.29, 1.82) is 0 Å². The largest absolute Gasteiger partial charge is 0.472 e. The van der Waals surface area contributed by atoms with Crippen molar-refractivity contribution in [3.63, 3.8) is 0 Å². The zero-order chi connectivity index (χ0) is 46.2. The van der Waals surface area contributed by atoms with E-state index in [0.29, 0.717) is 25.8 Å². The number of aliphatic hydroxyl groups is 9. The van der Waals surface area contributed by atoms with E-state index in [4.69, 9.17) is 47.7 Å². The lowest BCUT2D eigenvalue weighted by Crippen LogP contribution is -2.46. The predicted octanol–water partition coefficient (Wildman–Crippen LogP) is -5.12. The monoisotopic (exact) mass is 937 g/mol. The van der Waals surface area contributed by atoms with Crippen molar-refractivity contribution >= 4 is 27.8 Å². The third kappa shape index (κ3) is 17.9. The number of nitrogens with zero attached hydrogens (tertiary/aromatic N) is 2. The molecule has 2 amide bonds. The summed E-state index contributed by atoms with van der Waals surface area (Å²) in [5.41, 5.74) is 5.38. The zero-order valence-corrected chi connectivity index (χ0v) is 35.7. The van der Waals surface area contributed by atoms with Crippen molar-refractivity contribution in [2.75, 3.05) is 81.0 Å². The van der Waals surface area contributed by atoms with Gasteiger partial charge in [0.2, 0.25) is 0 Å². The van der Waals surface area contributed by atoms with Gasteiger partial charge in [-0.25, -0.2) is 18.7 Å². The molecule has 0 saturated carbocycles. The Morgan fingerprint density at radius 2 is 1.08 bits per heavy atom. The number of carbonyl (C=O) groups excluding carboxylic acids is 2. The van der Waals surface area contributed by atoms with Gasteiger partial charge in [0.15, 0.2) is 24.8 Å². The first-order chi connectivity index (χ1) is 28.5. The maximum absolute atomic E-state index is 13.1. The maximum atomic E-state index is 13.1. The Morgan fingerprint density at radius 3 is 1.56 bits per heavy atom. The molecule has 0 spiro atoms. The van der Waals surface area contributed by atoms with Gasteiger partial charge in [0.1, 0.15) is 61.0 Å². The fraction of sp³-hybridized carbons (Fsp3) is 0.935. The fourth-order valence-corrected chi connectivity index (χ4v) is 6.98. The number of nitrogens with two attached hydrogens (primary N) is 1. The Labute approximate surface area is 350 Å². The molecule has 0 aromatic heterocycles. The SMILES string of the molecule is CN(C)C(=O)OC1C(O)[C@@H](CO)O[C@H]1OCC(O)C(O)C(O)COP(=O)(O)OC1C(OC(=O)N(C)C)[C@H](OCC(O)C(O)C(O)COP(=O)(O)OCCCCCN)O[C@@H]1CO. The van der Waals surface area contributed by atoms with Crippen LogP contribution in [0.2, 0.25) is 0 Å². The number of aliphatic hydroxyl groups excluding tert-OH is 9. The van der Waals surface area contributed by atoms with E-state index in [1.807, 2.05) is 0 Å². The maximum Gasteiger partial charge on any atom is 0.472 e. The number of unbranched alkanes of at least 4 members (excludes halogenated alkanes) is 2. The molecular weight excluding hydrogens is 876 g/mol. The molecule has 2 aliphatic heterocycles. The molecular formula is C31H61N3O25P2. The molecule has 28 nitrogen and oxygen atoms in total. The molecule has 0 bridgehead atoms. The van der Waals surface area contributed by atoms with E-state index in [9.17, 15) is 74.5 Å². The van der Waals surface area contributed by atoms with Gasteiger partial charge >= 0.3 is 27.8 Å². The molecule has 0 radical (unpaired) electrons. The average molecular weight is 938 g/mol. The molecule has 0 aliphatic carbocycles. The van der Waals surface area contributed by atoms with Crippen molar-refractivity contribution in [2.24, 2.45) is 5.73 Å². The van der Waals surface area contributed by atoms with Crippen LogP contribution in [0.1, 0.15) is 19.3 Å². The molecule has 2 heterocycles. The number of phosphoric acid groups is 2. The Morgan fingerprint density at radius 1 is 0.639 bits per heavy atom. The number of amides is 2. The molecule has 0 aromatic carbocycles. The summed E-state index contributed by atoms with van der Waals surface area (Å²) in [6.45, 7) is -5.36. The van der Waals surface area contributed by atoms with E-state index in [1.54, 1.807) is 0 Å². The van der Waals surface area contributed by atoms with E-state index in [1.165, 1.54) is 28.2 Å². The third-order valence-corrected chi connectivity index (χ3v) is 10.7. The quantitative estimate of drug-likeness (QED) is 0.0258. The molecule has 30 heteroatoms. The highest BCUT2D eigenvalue weighted by atomic mass is 31.2. The minimum atomic E-state index is -5.38. The van der Waals surface area contributed by atoms with Crippen LogP contribution in [-0.4, -0.2) is 245 Å². The second-order valence-corrected chi connectivity index (χ2v) is 17.0. The van der Waals surface area contributed by atoms with Gasteiger partial charge in [-0.2, -0.15) is 0 Å². The van der Waals surface area contributed by atoms with Crippen molar-refractivity contribution in [2.45, 2.75) is 105 Å². The average Bonchev–Trinajstić information content (AvgIpc) is 3.69. The minimum Gasteiger partial charge on any atom is -0.438 e. The first-order valence-corrected chi connectivity index (χ1v) is 21.7. The van der Waals surface area contributed by atoms with Crippen LogP contribution in [0.3, 0.4) is 0 Å². The van der Waals surface area contributed by atoms with Gasteiger partial charge in [-0.3, -0.25) is 18.1 Å². The number of phosphoric ester groups is 2. The number of rotatable bonds is 28. The zero-order valence-electron chi connectivity index (χ0n) is 33.9. The first-order valence-electron chi connectivity index (χ1n) is 18.7. The van der Waals surface area contributed by atoms with E-state index in [-0.39, 0.29) is 6.61 Å². The summed E-state index contributed by atoms with van der Waals surface area (Å²) in [6, 6.07) is 0. The van der Waals surface area contributed by atoms with Crippen LogP contribution in [0.5, 0.6) is 0 Å². The number of carbonyl (C=O) groups is 2. The van der Waals surface area contributed by atoms with Crippen molar-refractivity contribution in [3.05, 3.63) is 0 Å². The third-order valence-electron chi connectivity index (χ3n) is 8.74. The Bertz CT molecular complexity index is 1410. The highest BCUT2D eigenvalue weighted by molar-refractivity contribution is 7.47. The molecule has 2 saturated heterocycles. The summed E-state index contributed by atoms with van der Waals surface area (Å²) in [5, 5.41) is 92.3. The van der Waals surface area contributed by atoms with Crippen LogP contribution >= 0.6 is 15.6 Å². The Hall–Kier alpha value is -1.80. The smallest absolute Gasteiger partial charge is 0.438 e. The topological polar surface area (TPSA) is 416 Å². The molecule has 0 aromatic rings.